The second kappa shape index (κ2) is 15.7. The molecule has 1 aliphatic heterocycles. The molecule has 7 nitrogen and oxygen atoms in total. The molecule has 2 aromatic carbocycles. The summed E-state index contributed by atoms with van der Waals surface area (Å²) in [5.41, 5.74) is 17.5. The molecular formula is C32H44N6O. The number of nitrogens with two attached hydrogens (primary N) is 2. The first-order valence-electron chi connectivity index (χ1n) is 14.0. The monoisotopic (exact) mass is 528 g/mol. The van der Waals surface area contributed by atoms with Gasteiger partial charge in [-0.1, -0.05) is 75.2 Å². The number of amidine groups is 1. The predicted molar refractivity (Wildman–Crippen MR) is 165 cm³/mol. The average Bonchev–Trinajstić information content (AvgIpc) is 2.96. The molecule has 1 unspecified atom stereocenters. The minimum absolute atomic E-state index is 0.401. The first-order valence-corrected chi connectivity index (χ1v) is 14.0. The normalized spacial score (nSPS) is 15.0. The number of aromatic nitrogens is 1. The van der Waals surface area contributed by atoms with Gasteiger partial charge in [-0.2, -0.15) is 0 Å². The van der Waals surface area contributed by atoms with Crippen molar-refractivity contribution < 1.29 is 4.74 Å². The van der Waals surface area contributed by atoms with Gasteiger partial charge in [-0.15, -0.1) is 0 Å². The fraction of sp³-hybridized carbons (Fsp3) is 0.375. The Hall–Kier alpha value is -3.68. The van der Waals surface area contributed by atoms with Gasteiger partial charge in [-0.05, 0) is 37.9 Å². The van der Waals surface area contributed by atoms with Gasteiger partial charge in [0.05, 0.1) is 23.5 Å². The van der Waals surface area contributed by atoms with Crippen LogP contribution >= 0.6 is 0 Å². The zero-order valence-electron chi connectivity index (χ0n) is 23.9. The Morgan fingerprint density at radius 1 is 1.05 bits per heavy atom. The van der Waals surface area contributed by atoms with Crippen molar-refractivity contribution >= 4 is 22.4 Å². The highest BCUT2D eigenvalue weighted by Gasteiger charge is 2.16. The zero-order valence-corrected chi connectivity index (χ0v) is 23.9. The maximum Gasteiger partial charge on any atom is 0.149 e. The van der Waals surface area contributed by atoms with Gasteiger partial charge in [0.15, 0.2) is 0 Å². The lowest BCUT2D eigenvalue weighted by Crippen LogP contribution is -2.30. The van der Waals surface area contributed by atoms with E-state index in [1.165, 1.54) is 19.3 Å². The van der Waals surface area contributed by atoms with Crippen LogP contribution in [0.4, 0.5) is 0 Å². The number of rotatable bonds is 11. The number of hydrogen-bond donors (Lipinski definition) is 3. The number of ether oxygens (including phenoxy) is 1. The molecule has 1 aromatic heterocycles. The molecule has 0 spiro atoms. The summed E-state index contributed by atoms with van der Waals surface area (Å²) in [5, 5.41) is 4.49. The van der Waals surface area contributed by atoms with E-state index in [4.69, 9.17) is 21.2 Å². The van der Waals surface area contributed by atoms with Crippen molar-refractivity contribution in [3.05, 3.63) is 84.3 Å². The van der Waals surface area contributed by atoms with Crippen molar-refractivity contribution in [2.75, 3.05) is 33.4 Å². The highest BCUT2D eigenvalue weighted by molar-refractivity contribution is 6.04. The molecule has 1 atom stereocenters. The molecule has 5 N–H and O–H groups in total. The summed E-state index contributed by atoms with van der Waals surface area (Å²) >= 11 is 0. The lowest BCUT2D eigenvalue weighted by molar-refractivity contribution is 0.148. The molecular weight excluding hydrogens is 484 g/mol. The second-order valence-corrected chi connectivity index (χ2v) is 9.62. The molecule has 0 fully saturated rings. The minimum Gasteiger partial charge on any atom is -0.396 e. The number of pyridine rings is 1. The van der Waals surface area contributed by atoms with E-state index < -0.39 is 0 Å². The summed E-state index contributed by atoms with van der Waals surface area (Å²) in [6.45, 7) is 10.4. The van der Waals surface area contributed by atoms with E-state index in [0.717, 1.165) is 59.9 Å². The summed E-state index contributed by atoms with van der Waals surface area (Å²) in [6.07, 6.45) is 7.41. The topological polar surface area (TPSA) is 102 Å². The zero-order chi connectivity index (χ0) is 28.0. The maximum atomic E-state index is 6.41. The van der Waals surface area contributed by atoms with Gasteiger partial charge in [0.2, 0.25) is 0 Å². The maximum absolute atomic E-state index is 6.41. The van der Waals surface area contributed by atoms with E-state index in [1.807, 2.05) is 67.5 Å². The largest absolute Gasteiger partial charge is 0.396 e. The molecule has 3 aromatic rings. The molecule has 2 heterocycles. The number of fused-ring (bicyclic) bond motifs is 1. The first-order chi connectivity index (χ1) is 19.0. The van der Waals surface area contributed by atoms with E-state index in [1.54, 1.807) is 6.20 Å². The number of nitrogens with one attached hydrogen (secondary N) is 1. The quantitative estimate of drug-likeness (QED) is 0.274. The van der Waals surface area contributed by atoms with Gasteiger partial charge < -0.3 is 26.4 Å². The number of hydrogen-bond acceptors (Lipinski definition) is 7. The first kappa shape index (κ1) is 29.9. The van der Waals surface area contributed by atoms with Crippen LogP contribution in [0, 0.1) is 5.92 Å². The lowest BCUT2D eigenvalue weighted by atomic mass is 10.0. The molecule has 7 heteroatoms. The van der Waals surface area contributed by atoms with Crippen LogP contribution in [0.3, 0.4) is 0 Å². The third-order valence-corrected chi connectivity index (χ3v) is 6.76. The van der Waals surface area contributed by atoms with Crippen LogP contribution in [0.1, 0.15) is 45.6 Å². The Labute approximate surface area is 233 Å². The van der Waals surface area contributed by atoms with E-state index in [2.05, 4.69) is 42.4 Å². The van der Waals surface area contributed by atoms with Crippen LogP contribution in [0.25, 0.3) is 27.9 Å². The van der Waals surface area contributed by atoms with Crippen LogP contribution in [0.5, 0.6) is 0 Å². The molecule has 208 valence electrons. The van der Waals surface area contributed by atoms with E-state index in [0.29, 0.717) is 17.2 Å². The van der Waals surface area contributed by atoms with Crippen molar-refractivity contribution in [1.82, 2.24) is 15.2 Å². The van der Waals surface area contributed by atoms with E-state index >= 15 is 0 Å². The third-order valence-electron chi connectivity index (χ3n) is 6.76. The molecule has 1 aliphatic rings. The van der Waals surface area contributed by atoms with Crippen LogP contribution < -0.4 is 16.8 Å². The van der Waals surface area contributed by atoms with Crippen LogP contribution in [0.15, 0.2) is 83.8 Å². The number of aliphatic imine (C=N–C) groups is 1. The van der Waals surface area contributed by atoms with Gasteiger partial charge in [-0.3, -0.25) is 0 Å². The fourth-order valence-corrected chi connectivity index (χ4v) is 4.50. The SMILES string of the molecule is CCCC(CC)CNCCOCC.CN1C=CN=C(N)/C1=C(/N)c1ccc2ccc(-c3ccccc3)nc2c1. The smallest absolute Gasteiger partial charge is 0.149 e. The molecule has 4 rings (SSSR count). The Morgan fingerprint density at radius 3 is 2.51 bits per heavy atom. The standard InChI is InChI=1S/C21H19N5.C11H25NO/c1-26-12-11-24-21(23)20(26)19(22)16-8-7-15-9-10-17(25-18(15)13-16)14-5-3-2-4-6-14;1-4-7-11(5-2)10-12-8-9-13-6-3/h2-13H,22H2,1H3,(H2,23,24);11-12H,4-10H2,1-3H3/b20-19-;. The summed E-state index contributed by atoms with van der Waals surface area (Å²) in [6, 6.07) is 20.2. The van der Waals surface area contributed by atoms with Gasteiger partial charge in [0, 0.05) is 49.1 Å². The molecule has 0 saturated heterocycles. The van der Waals surface area contributed by atoms with Crippen molar-refractivity contribution in [2.45, 2.75) is 40.0 Å². The molecule has 0 amide bonds. The van der Waals surface area contributed by atoms with Gasteiger partial charge >= 0.3 is 0 Å². The molecule has 0 saturated carbocycles. The molecule has 0 bridgehead atoms. The summed E-state index contributed by atoms with van der Waals surface area (Å²) in [4.78, 5) is 10.8. The number of benzene rings is 2. The lowest BCUT2D eigenvalue weighted by Gasteiger charge is -2.23. The van der Waals surface area contributed by atoms with Gasteiger partial charge in [-0.25, -0.2) is 9.98 Å². The third kappa shape index (κ3) is 8.67. The van der Waals surface area contributed by atoms with Crippen LogP contribution in [0.2, 0.25) is 0 Å². The van der Waals surface area contributed by atoms with Gasteiger partial charge in [0.1, 0.15) is 11.5 Å². The minimum atomic E-state index is 0.401. The summed E-state index contributed by atoms with van der Waals surface area (Å²) in [7, 11) is 1.90. The molecule has 39 heavy (non-hydrogen) atoms. The Morgan fingerprint density at radius 2 is 1.82 bits per heavy atom. The van der Waals surface area contributed by atoms with Crippen LogP contribution in [-0.2, 0) is 4.74 Å². The Kier molecular flexibility index (Phi) is 12.0. The Balaban J connectivity index is 0.000000276. The highest BCUT2D eigenvalue weighted by Crippen LogP contribution is 2.25. The summed E-state index contributed by atoms with van der Waals surface area (Å²) in [5.74, 6) is 1.25. The highest BCUT2D eigenvalue weighted by atomic mass is 16.5. The fourth-order valence-electron chi connectivity index (χ4n) is 4.50. The van der Waals surface area contributed by atoms with E-state index in [-0.39, 0.29) is 0 Å². The summed E-state index contributed by atoms with van der Waals surface area (Å²) < 4.78 is 5.25. The van der Waals surface area contributed by atoms with Crippen molar-refractivity contribution in [1.29, 1.82) is 0 Å². The van der Waals surface area contributed by atoms with Crippen molar-refractivity contribution in [3.8, 4) is 11.3 Å². The second-order valence-electron chi connectivity index (χ2n) is 9.62. The van der Waals surface area contributed by atoms with E-state index in [9.17, 15) is 0 Å². The molecule has 0 radical (unpaired) electrons. The van der Waals surface area contributed by atoms with Crippen molar-refractivity contribution in [3.63, 3.8) is 0 Å². The van der Waals surface area contributed by atoms with Gasteiger partial charge in [0.25, 0.3) is 0 Å². The number of likely N-dealkylation sites (N-methyl/N-ethyl adjacent to an activating group) is 1. The van der Waals surface area contributed by atoms with Crippen molar-refractivity contribution in [2.24, 2.45) is 22.4 Å². The van der Waals surface area contributed by atoms with Crippen LogP contribution in [-0.4, -0.2) is 49.1 Å². The molecule has 0 aliphatic carbocycles. The predicted octanol–water partition coefficient (Wildman–Crippen LogP) is 5.74. The average molecular weight is 529 g/mol. The Bertz CT molecular complexity index is 1270. The number of nitrogens with zero attached hydrogens (tertiary/aromatic N) is 3.